The first-order valence-corrected chi connectivity index (χ1v) is 15.3. The van der Waals surface area contributed by atoms with Gasteiger partial charge in [-0.3, -0.25) is 20.0 Å². The number of pyridine rings is 2. The molecule has 3 unspecified atom stereocenters. The molecule has 234 valence electrons. The normalized spacial score (nSPS) is 22.0. The second kappa shape index (κ2) is 14.0. The van der Waals surface area contributed by atoms with E-state index in [1.807, 2.05) is 12.1 Å². The summed E-state index contributed by atoms with van der Waals surface area (Å²) in [7, 11) is 0. The van der Waals surface area contributed by atoms with E-state index in [1.54, 1.807) is 12.4 Å². The molecule has 0 radical (unpaired) electrons. The number of hydrogen-bond acceptors (Lipinski definition) is 9. The first kappa shape index (κ1) is 31.7. The second-order valence-electron chi connectivity index (χ2n) is 11.8. The van der Waals surface area contributed by atoms with Crippen molar-refractivity contribution in [3.05, 3.63) is 83.7 Å². The lowest BCUT2D eigenvalue weighted by molar-refractivity contribution is -0.145. The summed E-state index contributed by atoms with van der Waals surface area (Å²) in [5.41, 5.74) is 2.72. The van der Waals surface area contributed by atoms with E-state index in [4.69, 9.17) is 19.4 Å². The number of nitrogens with zero attached hydrogens (tertiary/aromatic N) is 3. The van der Waals surface area contributed by atoms with Crippen LogP contribution in [0.25, 0.3) is 16.5 Å². The Labute approximate surface area is 258 Å². The monoisotopic (exact) mass is 601 g/mol. The van der Waals surface area contributed by atoms with Gasteiger partial charge in [-0.1, -0.05) is 43.3 Å². The third-order valence-corrected chi connectivity index (χ3v) is 8.69. The quantitative estimate of drug-likeness (QED) is 0.169. The molecule has 10 nitrogen and oxygen atoms in total. The number of aryl methyl sites for hydroxylation is 1. The highest BCUT2D eigenvalue weighted by molar-refractivity contribution is 5.89. The van der Waals surface area contributed by atoms with Gasteiger partial charge >= 0.3 is 5.97 Å². The number of rotatable bonds is 13. The lowest BCUT2D eigenvalue weighted by atomic mass is 9.80. The number of aliphatic hydroxyl groups excluding tert-OH is 1. The zero-order valence-electron chi connectivity index (χ0n) is 25.8. The minimum absolute atomic E-state index is 0.0512. The number of allylic oxidation sites excluding steroid dienone is 2. The summed E-state index contributed by atoms with van der Waals surface area (Å²) >= 11 is 0. The van der Waals surface area contributed by atoms with E-state index in [0.29, 0.717) is 17.9 Å². The molecule has 0 bridgehead atoms. The number of aliphatic hydroxyl groups is 1. The van der Waals surface area contributed by atoms with Gasteiger partial charge in [0.2, 0.25) is 0 Å². The van der Waals surface area contributed by atoms with Crippen LogP contribution in [-0.4, -0.2) is 88.4 Å². The van der Waals surface area contributed by atoms with Gasteiger partial charge in [0, 0.05) is 49.9 Å². The topological polar surface area (TPSA) is 129 Å². The number of carbonyl (C=O) groups is 1. The molecule has 0 saturated carbocycles. The molecule has 1 fully saturated rings. The predicted molar refractivity (Wildman–Crippen MR) is 171 cm³/mol. The second-order valence-corrected chi connectivity index (χ2v) is 11.8. The zero-order valence-corrected chi connectivity index (χ0v) is 25.8. The van der Waals surface area contributed by atoms with E-state index in [0.717, 1.165) is 50.2 Å². The lowest BCUT2D eigenvalue weighted by Gasteiger charge is -2.41. The molecule has 2 aliphatic rings. The van der Waals surface area contributed by atoms with Crippen LogP contribution in [0.5, 0.6) is 0 Å². The molecular formula is C34H43N5O5. The molecule has 5 rings (SSSR count). The van der Waals surface area contributed by atoms with Gasteiger partial charge in [-0.05, 0) is 60.7 Å². The summed E-state index contributed by atoms with van der Waals surface area (Å²) in [4.78, 5) is 23.4. The van der Waals surface area contributed by atoms with Crippen molar-refractivity contribution in [3.8, 4) is 0 Å². The maximum Gasteiger partial charge on any atom is 0.326 e. The maximum atomic E-state index is 11.6. The standard InChI is InChI=1S/C34H43N5O5/c1-24-8-4-5-9-28(24)29-10-6-12-34(25(29)2,44-17-7-14-39-15-18-43-19-16-39)38-31-30-27(11-13-35-31)20-26(21-36-30)22-37-33(3,23-40)32(41)42/h4-6,8-13,20-21,25,37,40H,7,14-19,22-23H2,1-3H3,(H,35,38)(H,41,42). The number of morpholine rings is 1. The van der Waals surface area contributed by atoms with Crippen LogP contribution >= 0.6 is 0 Å². The van der Waals surface area contributed by atoms with Crippen LogP contribution in [0.3, 0.4) is 0 Å². The van der Waals surface area contributed by atoms with Gasteiger partial charge in [-0.15, -0.1) is 0 Å². The lowest BCUT2D eigenvalue weighted by Crippen LogP contribution is -2.52. The van der Waals surface area contributed by atoms with E-state index < -0.39 is 23.8 Å². The minimum atomic E-state index is -1.45. The van der Waals surface area contributed by atoms with E-state index in [9.17, 15) is 15.0 Å². The Morgan fingerprint density at radius 3 is 2.77 bits per heavy atom. The van der Waals surface area contributed by atoms with Gasteiger partial charge in [-0.2, -0.15) is 0 Å². The number of carboxylic acid groups (broad SMARTS) is 1. The molecular weight excluding hydrogens is 558 g/mol. The molecule has 0 amide bonds. The molecule has 10 heteroatoms. The third-order valence-electron chi connectivity index (χ3n) is 8.69. The Morgan fingerprint density at radius 1 is 1.23 bits per heavy atom. The van der Waals surface area contributed by atoms with Crippen LogP contribution in [0, 0.1) is 12.8 Å². The number of aromatic nitrogens is 2. The fraction of sp³-hybridized carbons (Fsp3) is 0.441. The molecule has 1 saturated heterocycles. The molecule has 3 heterocycles. The van der Waals surface area contributed by atoms with Crippen LogP contribution in [0.15, 0.2) is 67.0 Å². The smallest absolute Gasteiger partial charge is 0.326 e. The average Bonchev–Trinajstić information content (AvgIpc) is 3.04. The van der Waals surface area contributed by atoms with Crippen molar-refractivity contribution in [1.29, 1.82) is 0 Å². The number of carboxylic acids is 1. The minimum Gasteiger partial charge on any atom is -0.480 e. The summed E-state index contributed by atoms with van der Waals surface area (Å²) in [6.45, 7) is 10.4. The van der Waals surface area contributed by atoms with E-state index in [-0.39, 0.29) is 12.5 Å². The molecule has 4 N–H and O–H groups in total. The highest BCUT2D eigenvalue weighted by Crippen LogP contribution is 2.40. The number of benzene rings is 1. The Bertz CT molecular complexity index is 1520. The molecule has 1 aliphatic carbocycles. The first-order chi connectivity index (χ1) is 21.2. The van der Waals surface area contributed by atoms with E-state index in [2.05, 4.69) is 71.9 Å². The molecule has 3 aromatic rings. The SMILES string of the molecule is Cc1ccccc1C1=CC=CC(Nc2nccc3cc(CNC(C)(CO)C(=O)O)cnc23)(OCCCN2CCOCC2)C1C. The Kier molecular flexibility index (Phi) is 10.1. The van der Waals surface area contributed by atoms with Gasteiger partial charge in [-0.25, -0.2) is 4.98 Å². The summed E-state index contributed by atoms with van der Waals surface area (Å²) in [5.74, 6) is -0.568. The number of ether oxygens (including phenoxy) is 2. The highest BCUT2D eigenvalue weighted by atomic mass is 16.5. The van der Waals surface area contributed by atoms with Gasteiger partial charge in [0.05, 0.1) is 26.4 Å². The largest absolute Gasteiger partial charge is 0.480 e. The first-order valence-electron chi connectivity index (χ1n) is 15.3. The number of aliphatic carboxylic acids is 1. The van der Waals surface area contributed by atoms with E-state index >= 15 is 0 Å². The van der Waals surface area contributed by atoms with Crippen LogP contribution < -0.4 is 10.6 Å². The van der Waals surface area contributed by atoms with Gasteiger partial charge in [0.15, 0.2) is 11.5 Å². The summed E-state index contributed by atoms with van der Waals surface area (Å²) < 4.78 is 12.3. The van der Waals surface area contributed by atoms with Gasteiger partial charge in [0.25, 0.3) is 0 Å². The predicted octanol–water partition coefficient (Wildman–Crippen LogP) is 4.00. The molecule has 44 heavy (non-hydrogen) atoms. The van der Waals surface area contributed by atoms with E-state index in [1.165, 1.54) is 23.6 Å². The number of nitrogens with one attached hydrogen (secondary N) is 2. The van der Waals surface area contributed by atoms with Crippen molar-refractivity contribution in [2.45, 2.75) is 45.0 Å². The van der Waals surface area contributed by atoms with Crippen LogP contribution in [0.1, 0.15) is 37.0 Å². The van der Waals surface area contributed by atoms with Crippen molar-refractivity contribution < 1.29 is 24.5 Å². The number of fused-ring (bicyclic) bond motifs is 1. The molecule has 1 aromatic carbocycles. The summed E-state index contributed by atoms with van der Waals surface area (Å²) in [5, 5.41) is 26.5. The maximum absolute atomic E-state index is 11.6. The number of anilines is 1. The van der Waals surface area contributed by atoms with Crippen LogP contribution in [0.4, 0.5) is 5.82 Å². The summed E-state index contributed by atoms with van der Waals surface area (Å²) in [6, 6.07) is 12.2. The molecule has 1 aliphatic heterocycles. The zero-order chi connectivity index (χ0) is 31.2. The van der Waals surface area contributed by atoms with Crippen LogP contribution in [0.2, 0.25) is 0 Å². The van der Waals surface area contributed by atoms with Gasteiger partial charge in [0.1, 0.15) is 11.1 Å². The Hall–Kier alpha value is -3.67. The fourth-order valence-electron chi connectivity index (χ4n) is 5.72. The van der Waals surface area contributed by atoms with Crippen molar-refractivity contribution in [2.24, 2.45) is 5.92 Å². The third kappa shape index (κ3) is 7.00. The molecule has 3 atom stereocenters. The van der Waals surface area contributed by atoms with Crippen LogP contribution in [-0.2, 0) is 20.8 Å². The van der Waals surface area contributed by atoms with Crippen molar-refractivity contribution in [3.63, 3.8) is 0 Å². The van der Waals surface area contributed by atoms with Crippen molar-refractivity contribution in [2.75, 3.05) is 51.4 Å². The highest BCUT2D eigenvalue weighted by Gasteiger charge is 2.40. The van der Waals surface area contributed by atoms with Crippen molar-refractivity contribution in [1.82, 2.24) is 20.2 Å². The number of hydrogen-bond donors (Lipinski definition) is 4. The van der Waals surface area contributed by atoms with Crippen molar-refractivity contribution >= 4 is 28.3 Å². The molecule has 0 spiro atoms. The van der Waals surface area contributed by atoms with Gasteiger partial charge < -0.3 is 25.0 Å². The summed E-state index contributed by atoms with van der Waals surface area (Å²) in [6.07, 6.45) is 10.6. The Balaban J connectivity index is 1.40. The average molecular weight is 602 g/mol. The molecule has 2 aromatic heterocycles. The Morgan fingerprint density at radius 2 is 2.02 bits per heavy atom. The fourth-order valence-corrected chi connectivity index (χ4v) is 5.72.